The van der Waals surface area contributed by atoms with Crippen molar-refractivity contribution in [2.45, 2.75) is 24.2 Å². The minimum atomic E-state index is -3.46. The van der Waals surface area contributed by atoms with E-state index in [4.69, 9.17) is 4.52 Å². The van der Waals surface area contributed by atoms with Gasteiger partial charge >= 0.3 is 0 Å². The molecule has 1 aliphatic heterocycles. The number of aromatic nitrogens is 3. The molecule has 27 heavy (non-hydrogen) atoms. The number of pyridine rings is 1. The van der Waals surface area contributed by atoms with Gasteiger partial charge in [-0.1, -0.05) is 23.4 Å². The average Bonchev–Trinajstić information content (AvgIpc) is 3.18. The molecular formula is C19H20N4O3S. The Hall–Kier alpha value is -2.58. The zero-order chi connectivity index (χ0) is 18.7. The molecule has 0 N–H and O–H groups in total. The topological polar surface area (TPSA) is 89.2 Å². The Morgan fingerprint density at radius 1 is 1.11 bits per heavy atom. The normalized spacial score (nSPS) is 18.4. The number of sulfonamides is 1. The lowest BCUT2D eigenvalue weighted by Gasteiger charge is -2.31. The molecular weight excluding hydrogens is 364 g/mol. The van der Waals surface area contributed by atoms with Gasteiger partial charge in [0.05, 0.1) is 4.90 Å². The van der Waals surface area contributed by atoms with Crippen molar-refractivity contribution in [3.05, 3.63) is 60.7 Å². The molecule has 1 saturated heterocycles. The lowest BCUT2D eigenvalue weighted by atomic mass is 9.96. The van der Waals surface area contributed by atoms with Crippen molar-refractivity contribution in [2.24, 2.45) is 5.92 Å². The molecule has 3 aromatic rings. The molecule has 4 rings (SSSR count). The van der Waals surface area contributed by atoms with Crippen LogP contribution in [0, 0.1) is 5.92 Å². The van der Waals surface area contributed by atoms with Gasteiger partial charge in [0.2, 0.25) is 10.0 Å². The number of hydrogen-bond acceptors (Lipinski definition) is 6. The maximum absolute atomic E-state index is 12.8. The van der Waals surface area contributed by atoms with E-state index < -0.39 is 10.0 Å². The minimum Gasteiger partial charge on any atom is -0.334 e. The molecule has 1 atom stereocenters. The summed E-state index contributed by atoms with van der Waals surface area (Å²) in [6, 6.07) is 12.2. The highest BCUT2D eigenvalue weighted by Gasteiger charge is 2.30. The highest BCUT2D eigenvalue weighted by atomic mass is 32.2. The molecule has 7 nitrogen and oxygen atoms in total. The van der Waals surface area contributed by atoms with E-state index in [1.807, 2.05) is 18.2 Å². The molecule has 1 unspecified atom stereocenters. The first-order valence-corrected chi connectivity index (χ1v) is 10.3. The fourth-order valence-corrected chi connectivity index (χ4v) is 4.94. The van der Waals surface area contributed by atoms with Crippen LogP contribution in [0.5, 0.6) is 0 Å². The smallest absolute Gasteiger partial charge is 0.258 e. The Balaban J connectivity index is 1.46. The Morgan fingerprint density at radius 2 is 1.89 bits per heavy atom. The summed E-state index contributed by atoms with van der Waals surface area (Å²) in [5, 5.41) is 4.06. The van der Waals surface area contributed by atoms with Gasteiger partial charge in [-0.15, -0.1) is 0 Å². The van der Waals surface area contributed by atoms with E-state index in [1.165, 1.54) is 0 Å². The predicted molar refractivity (Wildman–Crippen MR) is 99.2 cm³/mol. The summed E-state index contributed by atoms with van der Waals surface area (Å²) in [6.07, 6.45) is 5.71. The molecule has 140 valence electrons. The fraction of sp³-hybridized carbons (Fsp3) is 0.316. The zero-order valence-corrected chi connectivity index (χ0v) is 15.5. The van der Waals surface area contributed by atoms with E-state index >= 15 is 0 Å². The van der Waals surface area contributed by atoms with Crippen LogP contribution in [0.3, 0.4) is 0 Å². The molecule has 8 heteroatoms. The third-order valence-corrected chi connectivity index (χ3v) is 6.61. The van der Waals surface area contributed by atoms with Crippen LogP contribution in [0.4, 0.5) is 0 Å². The van der Waals surface area contributed by atoms with Crippen molar-refractivity contribution >= 4 is 10.0 Å². The summed E-state index contributed by atoms with van der Waals surface area (Å²) in [6.45, 7) is 1.01. The van der Waals surface area contributed by atoms with Crippen LogP contribution in [-0.4, -0.2) is 40.9 Å². The highest BCUT2D eigenvalue weighted by molar-refractivity contribution is 7.89. The molecule has 1 fully saturated rings. The first-order valence-electron chi connectivity index (χ1n) is 8.91. The number of benzene rings is 1. The van der Waals surface area contributed by atoms with Gasteiger partial charge in [0.1, 0.15) is 0 Å². The molecule has 0 aliphatic carbocycles. The van der Waals surface area contributed by atoms with E-state index in [-0.39, 0.29) is 5.92 Å². The molecule has 0 radical (unpaired) electrons. The fourth-order valence-electron chi connectivity index (χ4n) is 3.36. The maximum atomic E-state index is 12.8. The Kier molecular flexibility index (Phi) is 5.00. The Labute approximate surface area is 158 Å². The third kappa shape index (κ3) is 3.91. The molecule has 1 aliphatic rings. The van der Waals surface area contributed by atoms with E-state index in [1.54, 1.807) is 41.0 Å². The first kappa shape index (κ1) is 17.8. The van der Waals surface area contributed by atoms with Crippen molar-refractivity contribution in [1.82, 2.24) is 19.4 Å². The summed E-state index contributed by atoms with van der Waals surface area (Å²) in [7, 11) is -3.46. The molecule has 0 saturated carbocycles. The van der Waals surface area contributed by atoms with E-state index in [9.17, 15) is 8.42 Å². The summed E-state index contributed by atoms with van der Waals surface area (Å²) in [5.41, 5.74) is 0.820. The number of hydrogen-bond donors (Lipinski definition) is 0. The minimum absolute atomic E-state index is 0.167. The Morgan fingerprint density at radius 3 is 2.67 bits per heavy atom. The second-order valence-corrected chi connectivity index (χ2v) is 8.58. The second-order valence-electron chi connectivity index (χ2n) is 6.64. The predicted octanol–water partition coefficient (Wildman–Crippen LogP) is 2.78. The molecule has 3 heterocycles. The quantitative estimate of drug-likeness (QED) is 0.672. The van der Waals surface area contributed by atoms with E-state index in [2.05, 4.69) is 15.1 Å². The van der Waals surface area contributed by atoms with Crippen molar-refractivity contribution in [3.8, 4) is 11.5 Å². The monoisotopic (exact) mass is 384 g/mol. The summed E-state index contributed by atoms with van der Waals surface area (Å²) in [4.78, 5) is 8.76. The van der Waals surface area contributed by atoms with Gasteiger partial charge in [0, 0.05) is 37.5 Å². The lowest BCUT2D eigenvalue weighted by molar-refractivity contribution is 0.261. The first-order chi connectivity index (χ1) is 13.1. The molecule has 0 amide bonds. The largest absolute Gasteiger partial charge is 0.334 e. The van der Waals surface area contributed by atoms with Crippen LogP contribution in [0.25, 0.3) is 11.5 Å². The van der Waals surface area contributed by atoms with Gasteiger partial charge in [-0.25, -0.2) is 8.42 Å². The lowest BCUT2D eigenvalue weighted by Crippen LogP contribution is -2.40. The van der Waals surface area contributed by atoms with Crippen LogP contribution >= 0.6 is 0 Å². The molecule has 0 bridgehead atoms. The van der Waals surface area contributed by atoms with Crippen LogP contribution in [-0.2, 0) is 16.4 Å². The average molecular weight is 384 g/mol. The van der Waals surface area contributed by atoms with Crippen LogP contribution in [0.2, 0.25) is 0 Å². The maximum Gasteiger partial charge on any atom is 0.258 e. The van der Waals surface area contributed by atoms with Crippen molar-refractivity contribution in [3.63, 3.8) is 0 Å². The van der Waals surface area contributed by atoms with Gasteiger partial charge in [0.15, 0.2) is 5.82 Å². The van der Waals surface area contributed by atoms with E-state index in [0.29, 0.717) is 36.1 Å². The number of nitrogens with zero attached hydrogens (tertiary/aromatic N) is 4. The highest BCUT2D eigenvalue weighted by Crippen LogP contribution is 2.26. The molecule has 0 spiro atoms. The van der Waals surface area contributed by atoms with Gasteiger partial charge < -0.3 is 4.52 Å². The van der Waals surface area contributed by atoms with Gasteiger partial charge in [0.25, 0.3) is 5.89 Å². The van der Waals surface area contributed by atoms with Gasteiger partial charge in [-0.05, 0) is 43.0 Å². The Bertz CT molecular complexity index is 990. The van der Waals surface area contributed by atoms with E-state index in [0.717, 1.165) is 18.4 Å². The summed E-state index contributed by atoms with van der Waals surface area (Å²) >= 11 is 0. The van der Waals surface area contributed by atoms with Crippen LogP contribution in [0.1, 0.15) is 18.7 Å². The summed E-state index contributed by atoms with van der Waals surface area (Å²) < 4.78 is 32.6. The van der Waals surface area contributed by atoms with Crippen LogP contribution in [0.15, 0.2) is 64.3 Å². The van der Waals surface area contributed by atoms with Crippen molar-refractivity contribution in [2.75, 3.05) is 13.1 Å². The van der Waals surface area contributed by atoms with Crippen molar-refractivity contribution < 1.29 is 12.9 Å². The summed E-state index contributed by atoms with van der Waals surface area (Å²) in [5.74, 6) is 1.22. The van der Waals surface area contributed by atoms with Gasteiger partial charge in [-0.3, -0.25) is 4.98 Å². The third-order valence-electron chi connectivity index (χ3n) is 4.73. The SMILES string of the molecule is O=S(=O)(c1ccccc1)N1CCCC(Cc2noc(-c3ccncc3)n2)C1. The molecule has 2 aromatic heterocycles. The van der Waals surface area contributed by atoms with Gasteiger partial charge in [-0.2, -0.15) is 9.29 Å². The second kappa shape index (κ2) is 7.58. The zero-order valence-electron chi connectivity index (χ0n) is 14.7. The number of rotatable bonds is 5. The van der Waals surface area contributed by atoms with Crippen LogP contribution < -0.4 is 0 Å². The van der Waals surface area contributed by atoms with Crippen molar-refractivity contribution in [1.29, 1.82) is 0 Å². The standard InChI is InChI=1S/C19H20N4O3S/c24-27(25,17-6-2-1-3-7-17)23-12-4-5-15(14-23)13-18-21-19(26-22-18)16-8-10-20-11-9-16/h1-3,6-11,15H,4-5,12-14H2. The number of piperidine rings is 1. The molecule has 1 aromatic carbocycles.